The van der Waals surface area contributed by atoms with Gasteiger partial charge in [0.1, 0.15) is 11.5 Å². The van der Waals surface area contributed by atoms with Gasteiger partial charge < -0.3 is 18.9 Å². The smallest absolute Gasteiger partial charge is 0.160 e. The van der Waals surface area contributed by atoms with E-state index in [1.54, 1.807) is 34.5 Å². The number of aryl methyl sites for hydroxylation is 5. The van der Waals surface area contributed by atoms with Gasteiger partial charge in [-0.3, -0.25) is 0 Å². The van der Waals surface area contributed by atoms with Gasteiger partial charge in [-0.2, -0.15) is 0 Å². The molecule has 0 unspecified atom stereocenters. The molecule has 0 aromatic heterocycles. The van der Waals surface area contributed by atoms with Crippen LogP contribution in [0.2, 0.25) is 15.1 Å². The summed E-state index contributed by atoms with van der Waals surface area (Å²) in [5.41, 5.74) is 12.2. The Kier molecular flexibility index (Phi) is 48.1. The maximum absolute atomic E-state index is 6.03. The van der Waals surface area contributed by atoms with Crippen LogP contribution in [0.15, 0.2) is 231 Å². The molecular formula is C95H131Cl3O4. The highest BCUT2D eigenvalue weighted by molar-refractivity contribution is 6.35. The average Bonchev–Trinajstić information content (AvgIpc) is 0.853. The van der Waals surface area contributed by atoms with Crippen LogP contribution in [0.3, 0.4) is 0 Å². The predicted molar refractivity (Wildman–Crippen MR) is 449 cm³/mol. The molecule has 0 atom stereocenters. The number of para-hydroxylation sites is 1. The van der Waals surface area contributed by atoms with Crippen molar-refractivity contribution >= 4 is 34.8 Å². The van der Waals surface area contributed by atoms with Gasteiger partial charge >= 0.3 is 0 Å². The SMILES string of the molecule is C.CC(C)CC(c1ccccc1)c1ccccc1.CC(C)CCC(c1ccccc1)c1ccccc1.CC(C)CCc1ccc(Cl)cc1Cl.CC(C)CCc1ccccc1Cl.COc1ccc(CCC(C)C)cc1OC.COc1cccc(CCC(C)C)c1.COc1ccccc1CCC(C)C. The molecule has 556 valence electrons. The first-order valence-electron chi connectivity index (χ1n) is 37.3. The third-order valence-corrected chi connectivity index (χ3v) is 18.2. The van der Waals surface area contributed by atoms with E-state index in [0.29, 0.717) is 28.7 Å². The predicted octanol–water partition coefficient (Wildman–Crippen LogP) is 29.1. The number of ether oxygens (including phenoxy) is 4. The molecule has 7 heteroatoms. The standard InChI is InChI=1S/C18H22.C17H20.C13H20O2.2C12H18O.C11H14Cl2.C11H15Cl.CH4/c1-15(2)13-14-18(16-9-5-3-6-10-16)17-11-7-4-8-12-17;1-14(2)13-17(15-9-5-3-6-10-15)16-11-7-4-8-12-16;1-10(2)5-6-11-7-8-12(14-3)13(9-11)15-4;1-10(2)7-8-11-5-4-6-12(9-11)13-3;1-10(2)8-9-11-6-4-5-7-12(11)13-3;1-8(2)3-4-9-5-6-10(12)7-11(9)13;1-9(2)7-8-10-5-3-4-6-11(10)12;/h3-12,15,18H,13-14H2,1-2H3;3-12,14,17H,13H2,1-2H3;7-10H,5-6H2,1-4H3;4-6,9-10H,7-8H2,1-3H3;4-7,10H,8-9H2,1-3H3;5-8H,3-4H2,1-2H3;3-6,9H,7-8H2,1-2H3;1H4. The second kappa shape index (κ2) is 53.8. The van der Waals surface area contributed by atoms with E-state index in [1.165, 1.54) is 101 Å². The molecule has 0 saturated heterocycles. The minimum atomic E-state index is 0. The lowest BCUT2D eigenvalue weighted by molar-refractivity contribution is 0.354. The molecule has 0 heterocycles. The summed E-state index contributed by atoms with van der Waals surface area (Å²) in [6.45, 7) is 31.5. The second-order valence-electron chi connectivity index (χ2n) is 29.2. The van der Waals surface area contributed by atoms with E-state index in [4.69, 9.17) is 53.8 Å². The Labute approximate surface area is 637 Å². The lowest BCUT2D eigenvalue weighted by Crippen LogP contribution is -2.04. The maximum atomic E-state index is 6.03. The lowest BCUT2D eigenvalue weighted by Gasteiger charge is -2.20. The summed E-state index contributed by atoms with van der Waals surface area (Å²) in [5.74, 6) is 9.85. The molecule has 9 rings (SSSR count). The Morgan fingerprint density at radius 2 is 0.647 bits per heavy atom. The number of rotatable bonds is 28. The van der Waals surface area contributed by atoms with E-state index in [0.717, 1.165) is 94.7 Å². The maximum Gasteiger partial charge on any atom is 0.160 e. The minimum Gasteiger partial charge on any atom is -0.497 e. The Bertz CT molecular complexity index is 3430. The third kappa shape index (κ3) is 39.6. The van der Waals surface area contributed by atoms with E-state index in [9.17, 15) is 0 Å². The zero-order valence-corrected chi connectivity index (χ0v) is 67.4. The van der Waals surface area contributed by atoms with Crippen molar-refractivity contribution in [3.8, 4) is 23.0 Å². The Morgan fingerprint density at radius 1 is 0.265 bits per heavy atom. The van der Waals surface area contributed by atoms with Crippen molar-refractivity contribution in [2.24, 2.45) is 41.4 Å². The Morgan fingerprint density at radius 3 is 1.06 bits per heavy atom. The fraction of sp³-hybridized carbons (Fsp3) is 0.432. The molecule has 0 spiro atoms. The second-order valence-corrected chi connectivity index (χ2v) is 30.4. The molecule has 0 aliphatic heterocycles. The highest BCUT2D eigenvalue weighted by atomic mass is 35.5. The molecular weight excluding hydrogens is 1310 g/mol. The van der Waals surface area contributed by atoms with Gasteiger partial charge in [-0.25, -0.2) is 0 Å². The minimum absolute atomic E-state index is 0. The average molecular weight is 1440 g/mol. The van der Waals surface area contributed by atoms with Crippen molar-refractivity contribution < 1.29 is 18.9 Å². The van der Waals surface area contributed by atoms with Crippen LogP contribution in [-0.2, 0) is 32.1 Å². The quantitative estimate of drug-likeness (QED) is 0.0490. The van der Waals surface area contributed by atoms with Crippen molar-refractivity contribution in [3.63, 3.8) is 0 Å². The fourth-order valence-electron chi connectivity index (χ4n) is 11.1. The number of halogens is 3. The van der Waals surface area contributed by atoms with Crippen molar-refractivity contribution in [1.29, 1.82) is 0 Å². The molecule has 102 heavy (non-hydrogen) atoms. The van der Waals surface area contributed by atoms with Crippen LogP contribution in [0, 0.1) is 41.4 Å². The van der Waals surface area contributed by atoms with E-state index in [1.807, 2.05) is 54.6 Å². The molecule has 0 amide bonds. The molecule has 4 nitrogen and oxygen atoms in total. The molecule has 9 aromatic rings. The van der Waals surface area contributed by atoms with Gasteiger partial charge in [0.15, 0.2) is 11.5 Å². The Hall–Kier alpha value is -6.95. The summed E-state index contributed by atoms with van der Waals surface area (Å²) in [7, 11) is 6.77. The lowest BCUT2D eigenvalue weighted by atomic mass is 9.85. The summed E-state index contributed by atoms with van der Waals surface area (Å²) >= 11 is 17.8. The first kappa shape index (κ1) is 91.1. The van der Waals surface area contributed by atoms with Crippen LogP contribution in [0.1, 0.15) is 218 Å². The van der Waals surface area contributed by atoms with Crippen LogP contribution >= 0.6 is 34.8 Å². The number of hydrogen-bond donors (Lipinski definition) is 0. The van der Waals surface area contributed by atoms with Gasteiger partial charge in [0.2, 0.25) is 0 Å². The van der Waals surface area contributed by atoms with E-state index < -0.39 is 0 Å². The summed E-state index contributed by atoms with van der Waals surface area (Å²) < 4.78 is 20.9. The number of hydrogen-bond acceptors (Lipinski definition) is 4. The monoisotopic (exact) mass is 1440 g/mol. The van der Waals surface area contributed by atoms with E-state index in [-0.39, 0.29) is 7.43 Å². The summed E-state index contributed by atoms with van der Waals surface area (Å²) in [6.07, 6.45) is 15.2. The van der Waals surface area contributed by atoms with Gasteiger partial charge in [0.05, 0.1) is 28.4 Å². The molecule has 0 bridgehead atoms. The molecule has 9 aromatic carbocycles. The largest absolute Gasteiger partial charge is 0.497 e. The van der Waals surface area contributed by atoms with Crippen LogP contribution in [0.25, 0.3) is 0 Å². The van der Waals surface area contributed by atoms with Crippen LogP contribution in [0.4, 0.5) is 0 Å². The highest BCUT2D eigenvalue weighted by Gasteiger charge is 2.16. The van der Waals surface area contributed by atoms with Gasteiger partial charge in [0, 0.05) is 26.9 Å². The fourth-order valence-corrected chi connectivity index (χ4v) is 11.9. The van der Waals surface area contributed by atoms with Crippen LogP contribution < -0.4 is 18.9 Å². The van der Waals surface area contributed by atoms with Gasteiger partial charge in [-0.15, -0.1) is 0 Å². The van der Waals surface area contributed by atoms with Crippen molar-refractivity contribution in [3.05, 3.63) is 296 Å². The summed E-state index contributed by atoms with van der Waals surface area (Å²) in [5, 5.41) is 2.39. The molecule has 0 aliphatic rings. The van der Waals surface area contributed by atoms with Crippen molar-refractivity contribution in [2.45, 2.75) is 200 Å². The zero-order chi connectivity index (χ0) is 74.3. The molecule has 0 radical (unpaired) electrons. The van der Waals surface area contributed by atoms with Gasteiger partial charge in [-0.05, 0) is 217 Å². The molecule has 0 N–H and O–H groups in total. The summed E-state index contributed by atoms with van der Waals surface area (Å²) in [4.78, 5) is 0. The van der Waals surface area contributed by atoms with E-state index >= 15 is 0 Å². The van der Waals surface area contributed by atoms with Gasteiger partial charge in [0.25, 0.3) is 0 Å². The number of methoxy groups -OCH3 is 4. The zero-order valence-electron chi connectivity index (χ0n) is 65.1. The number of benzene rings is 9. The molecule has 0 fully saturated rings. The van der Waals surface area contributed by atoms with Crippen molar-refractivity contribution in [1.82, 2.24) is 0 Å². The first-order chi connectivity index (χ1) is 48.5. The normalized spacial score (nSPS) is 10.6. The first-order valence-corrected chi connectivity index (χ1v) is 38.4. The summed E-state index contributed by atoms with van der Waals surface area (Å²) in [6, 6.07) is 79.8. The van der Waals surface area contributed by atoms with Crippen LogP contribution in [0.5, 0.6) is 23.0 Å². The molecule has 0 aliphatic carbocycles. The third-order valence-electron chi connectivity index (χ3n) is 17.3. The molecule has 0 saturated carbocycles. The van der Waals surface area contributed by atoms with Crippen LogP contribution in [-0.4, -0.2) is 28.4 Å². The topological polar surface area (TPSA) is 36.9 Å². The van der Waals surface area contributed by atoms with E-state index in [2.05, 4.69) is 267 Å². The van der Waals surface area contributed by atoms with Gasteiger partial charge in [-0.1, -0.05) is 328 Å². The highest BCUT2D eigenvalue weighted by Crippen LogP contribution is 2.33. The Balaban J connectivity index is 0.000000406. The van der Waals surface area contributed by atoms with Crippen molar-refractivity contribution in [2.75, 3.05) is 28.4 Å².